The van der Waals surface area contributed by atoms with E-state index in [2.05, 4.69) is 21.2 Å². The molecule has 6 heteroatoms. The average molecular weight is 380 g/mol. The molecule has 1 heterocycles. The lowest BCUT2D eigenvalue weighted by Crippen LogP contribution is -2.41. The minimum absolute atomic E-state index is 0.00151. The van der Waals surface area contributed by atoms with Crippen LogP contribution < -0.4 is 16.0 Å². The van der Waals surface area contributed by atoms with Crippen molar-refractivity contribution >= 4 is 33.4 Å². The van der Waals surface area contributed by atoms with Crippen molar-refractivity contribution in [3.63, 3.8) is 0 Å². The number of nitrogens with two attached hydrogens (primary N) is 1. The molecule has 1 aromatic rings. The van der Waals surface area contributed by atoms with Crippen LogP contribution in [-0.2, 0) is 9.59 Å². The van der Waals surface area contributed by atoms with Gasteiger partial charge in [0.2, 0.25) is 11.8 Å². The summed E-state index contributed by atoms with van der Waals surface area (Å²) in [4.78, 5) is 26.2. The molecule has 1 aliphatic heterocycles. The predicted octanol–water partition coefficient (Wildman–Crippen LogP) is 1.96. The Labute approximate surface area is 144 Å². The number of rotatable bonds is 5. The van der Waals surface area contributed by atoms with Crippen molar-refractivity contribution in [2.45, 2.75) is 32.2 Å². The molecule has 124 valence electrons. The van der Waals surface area contributed by atoms with E-state index >= 15 is 0 Å². The predicted molar refractivity (Wildman–Crippen MR) is 93.0 cm³/mol. The highest BCUT2D eigenvalue weighted by atomic mass is 79.9. The zero-order chi connectivity index (χ0) is 16.6. The maximum Gasteiger partial charge on any atom is 0.227 e. The number of anilines is 1. The molecular formula is C17H22BrN3O2. The van der Waals surface area contributed by atoms with Crippen LogP contribution in [0.15, 0.2) is 22.7 Å². The molecule has 2 aliphatic rings. The first kappa shape index (κ1) is 16.5. The molecule has 1 aromatic carbocycles. The summed E-state index contributed by atoms with van der Waals surface area (Å²) in [5, 5.41) is 2.91. The van der Waals surface area contributed by atoms with Crippen LogP contribution >= 0.6 is 15.9 Å². The topological polar surface area (TPSA) is 75.4 Å². The van der Waals surface area contributed by atoms with Gasteiger partial charge < -0.3 is 16.0 Å². The summed E-state index contributed by atoms with van der Waals surface area (Å²) in [6.45, 7) is 2.92. The molecule has 2 unspecified atom stereocenters. The fraction of sp³-hybridized carbons (Fsp3) is 0.529. The van der Waals surface area contributed by atoms with Crippen molar-refractivity contribution in [3.05, 3.63) is 28.2 Å². The van der Waals surface area contributed by atoms with Crippen LogP contribution in [0.2, 0.25) is 0 Å². The molecule has 1 saturated carbocycles. The number of hydrogen-bond donors (Lipinski definition) is 2. The van der Waals surface area contributed by atoms with E-state index in [0.717, 1.165) is 28.6 Å². The summed E-state index contributed by atoms with van der Waals surface area (Å²) in [6, 6.07) is 5.84. The summed E-state index contributed by atoms with van der Waals surface area (Å²) >= 11 is 3.46. The van der Waals surface area contributed by atoms with Crippen LogP contribution in [0.3, 0.4) is 0 Å². The molecular weight excluding hydrogens is 358 g/mol. The number of benzene rings is 1. The number of carbonyl (C=O) groups excluding carboxylic acids is 2. The van der Waals surface area contributed by atoms with Crippen LogP contribution in [-0.4, -0.2) is 30.9 Å². The summed E-state index contributed by atoms with van der Waals surface area (Å²) in [7, 11) is 0. The number of nitrogens with one attached hydrogen (secondary N) is 1. The minimum atomic E-state index is -0.294. The fourth-order valence-electron chi connectivity index (χ4n) is 2.98. The second-order valence-corrected chi connectivity index (χ2v) is 7.44. The first-order valence-electron chi connectivity index (χ1n) is 8.05. The van der Waals surface area contributed by atoms with Crippen molar-refractivity contribution in [2.24, 2.45) is 17.6 Å². The highest BCUT2D eigenvalue weighted by Gasteiger charge is 2.36. The third-order valence-corrected chi connectivity index (χ3v) is 5.58. The molecule has 3 rings (SSSR count). The Morgan fingerprint density at radius 1 is 1.48 bits per heavy atom. The van der Waals surface area contributed by atoms with Gasteiger partial charge in [0, 0.05) is 35.7 Å². The Balaban J connectivity index is 1.59. The first-order valence-corrected chi connectivity index (χ1v) is 8.85. The molecule has 2 amide bonds. The number of halogens is 1. The van der Waals surface area contributed by atoms with E-state index in [-0.39, 0.29) is 30.2 Å². The Morgan fingerprint density at radius 3 is 2.87 bits per heavy atom. The second-order valence-electron chi connectivity index (χ2n) is 6.59. The lowest BCUT2D eigenvalue weighted by Gasteiger charge is -2.18. The third-order valence-electron chi connectivity index (χ3n) is 4.69. The second kappa shape index (κ2) is 6.61. The molecule has 0 radical (unpaired) electrons. The Hall–Kier alpha value is -1.40. The van der Waals surface area contributed by atoms with Crippen molar-refractivity contribution in [2.75, 3.05) is 18.0 Å². The SMILES string of the molecule is Cc1cc(N2CC(C(=O)NCC(N)C3CC3)CC2=O)ccc1Br. The number of hydrogen-bond acceptors (Lipinski definition) is 3. The molecule has 23 heavy (non-hydrogen) atoms. The lowest BCUT2D eigenvalue weighted by molar-refractivity contribution is -0.126. The molecule has 0 aromatic heterocycles. The molecule has 2 atom stereocenters. The maximum atomic E-state index is 12.3. The largest absolute Gasteiger partial charge is 0.354 e. The maximum absolute atomic E-state index is 12.3. The highest BCUT2D eigenvalue weighted by molar-refractivity contribution is 9.10. The van der Waals surface area contributed by atoms with E-state index in [9.17, 15) is 9.59 Å². The summed E-state index contributed by atoms with van der Waals surface area (Å²) in [5.41, 5.74) is 7.92. The minimum Gasteiger partial charge on any atom is -0.354 e. The van der Waals surface area contributed by atoms with Crippen LogP contribution in [0.1, 0.15) is 24.8 Å². The van der Waals surface area contributed by atoms with E-state index in [1.165, 1.54) is 0 Å². The quantitative estimate of drug-likeness (QED) is 0.820. The number of aryl methyl sites for hydroxylation is 1. The van der Waals surface area contributed by atoms with Gasteiger partial charge in [-0.1, -0.05) is 15.9 Å². The van der Waals surface area contributed by atoms with E-state index in [0.29, 0.717) is 19.0 Å². The fourth-order valence-corrected chi connectivity index (χ4v) is 3.23. The van der Waals surface area contributed by atoms with Crippen molar-refractivity contribution < 1.29 is 9.59 Å². The van der Waals surface area contributed by atoms with E-state index in [1.807, 2.05) is 25.1 Å². The van der Waals surface area contributed by atoms with Crippen LogP contribution in [0, 0.1) is 18.8 Å². The Bertz CT molecular complexity index is 630. The van der Waals surface area contributed by atoms with Gasteiger partial charge in [0.05, 0.1) is 5.92 Å². The number of nitrogens with zero attached hydrogens (tertiary/aromatic N) is 1. The van der Waals surface area contributed by atoms with Gasteiger partial charge in [0.15, 0.2) is 0 Å². The van der Waals surface area contributed by atoms with Crippen molar-refractivity contribution in [3.8, 4) is 0 Å². The highest BCUT2D eigenvalue weighted by Crippen LogP contribution is 2.31. The molecule has 0 bridgehead atoms. The smallest absolute Gasteiger partial charge is 0.227 e. The summed E-state index contributed by atoms with van der Waals surface area (Å²) in [5.74, 6) is 0.199. The van der Waals surface area contributed by atoms with E-state index in [4.69, 9.17) is 5.73 Å². The van der Waals surface area contributed by atoms with Gasteiger partial charge in [-0.2, -0.15) is 0 Å². The monoisotopic (exact) mass is 379 g/mol. The van der Waals surface area contributed by atoms with Crippen LogP contribution in [0.25, 0.3) is 0 Å². The molecule has 5 nitrogen and oxygen atoms in total. The van der Waals surface area contributed by atoms with Crippen molar-refractivity contribution in [1.82, 2.24) is 5.32 Å². The van der Waals surface area contributed by atoms with Gasteiger partial charge in [-0.05, 0) is 49.4 Å². The number of carbonyl (C=O) groups is 2. The van der Waals surface area contributed by atoms with Gasteiger partial charge in [-0.15, -0.1) is 0 Å². The van der Waals surface area contributed by atoms with Gasteiger partial charge in [-0.25, -0.2) is 0 Å². The molecule has 3 N–H and O–H groups in total. The van der Waals surface area contributed by atoms with Gasteiger partial charge in [0.25, 0.3) is 0 Å². The molecule has 2 fully saturated rings. The Morgan fingerprint density at radius 2 is 2.22 bits per heavy atom. The zero-order valence-electron chi connectivity index (χ0n) is 13.2. The van der Waals surface area contributed by atoms with E-state index < -0.39 is 0 Å². The molecule has 0 spiro atoms. The van der Waals surface area contributed by atoms with Gasteiger partial charge in [0.1, 0.15) is 0 Å². The van der Waals surface area contributed by atoms with Crippen molar-refractivity contribution in [1.29, 1.82) is 0 Å². The number of amides is 2. The van der Waals surface area contributed by atoms with Crippen LogP contribution in [0.5, 0.6) is 0 Å². The summed E-state index contributed by atoms with van der Waals surface area (Å²) < 4.78 is 1.01. The normalized spacial score (nSPS) is 22.3. The van der Waals surface area contributed by atoms with E-state index in [1.54, 1.807) is 4.90 Å². The van der Waals surface area contributed by atoms with Gasteiger partial charge in [-0.3, -0.25) is 9.59 Å². The average Bonchev–Trinajstić information content (AvgIpc) is 3.30. The third kappa shape index (κ3) is 3.75. The summed E-state index contributed by atoms with van der Waals surface area (Å²) in [6.07, 6.45) is 2.59. The first-order chi connectivity index (χ1) is 11.0. The zero-order valence-corrected chi connectivity index (χ0v) is 14.8. The molecule has 1 saturated heterocycles. The Kier molecular flexibility index (Phi) is 4.73. The lowest BCUT2D eigenvalue weighted by atomic mass is 10.1. The van der Waals surface area contributed by atoms with Gasteiger partial charge >= 0.3 is 0 Å². The molecule has 1 aliphatic carbocycles. The standard InChI is InChI=1S/C17H22BrN3O2/c1-10-6-13(4-5-14(10)18)21-9-12(7-16(21)22)17(23)20-8-15(19)11-2-3-11/h4-6,11-12,15H,2-3,7-9,19H2,1H3,(H,20,23). The van der Waals surface area contributed by atoms with Crippen LogP contribution in [0.4, 0.5) is 5.69 Å².